The van der Waals surface area contributed by atoms with Crippen molar-refractivity contribution in [3.8, 4) is 0 Å². The molecule has 1 aliphatic heterocycles. The van der Waals surface area contributed by atoms with Crippen molar-refractivity contribution < 1.29 is 9.53 Å². The molecule has 0 aliphatic carbocycles. The summed E-state index contributed by atoms with van der Waals surface area (Å²) in [6.45, 7) is 3.29. The third-order valence-corrected chi connectivity index (χ3v) is 5.36. The Morgan fingerprint density at radius 1 is 0.931 bits per heavy atom. The first-order valence-corrected chi connectivity index (χ1v) is 9.98. The molecule has 3 aromatic carbocycles. The molecule has 1 heterocycles. The van der Waals surface area contributed by atoms with Gasteiger partial charge in [-0.2, -0.15) is 0 Å². The summed E-state index contributed by atoms with van der Waals surface area (Å²) in [5.41, 5.74) is 4.05. The number of anilines is 2. The van der Waals surface area contributed by atoms with Gasteiger partial charge in [-0.1, -0.05) is 36.4 Å². The summed E-state index contributed by atoms with van der Waals surface area (Å²) < 4.78 is 5.40. The molecule has 148 valence electrons. The van der Waals surface area contributed by atoms with Crippen LogP contribution >= 0.6 is 0 Å². The van der Waals surface area contributed by atoms with Gasteiger partial charge in [-0.15, -0.1) is 0 Å². The van der Waals surface area contributed by atoms with E-state index >= 15 is 0 Å². The zero-order valence-electron chi connectivity index (χ0n) is 17.0. The standard InChI is InChI=1S/C25H26N2O2/c1-26(2)24-13-9-19(22-5-3-4-6-23(22)24)10-14-25(28)20-7-11-21(12-8-20)27-15-17-29-18-16-27/h3-14H,15-18H2,1-2H3. The number of benzene rings is 3. The first-order chi connectivity index (χ1) is 14.1. The second-order valence-corrected chi connectivity index (χ2v) is 7.46. The molecule has 0 aromatic heterocycles. The molecule has 1 aliphatic rings. The van der Waals surface area contributed by atoms with Crippen molar-refractivity contribution in [2.75, 3.05) is 50.2 Å². The predicted octanol–water partition coefficient (Wildman–Crippen LogP) is 4.64. The minimum absolute atomic E-state index is 0.0132. The molecule has 0 unspecified atom stereocenters. The number of carbonyl (C=O) groups is 1. The van der Waals surface area contributed by atoms with Crippen molar-refractivity contribution in [1.82, 2.24) is 0 Å². The number of hydrogen-bond donors (Lipinski definition) is 0. The summed E-state index contributed by atoms with van der Waals surface area (Å²) in [4.78, 5) is 17.1. The number of morpholine rings is 1. The number of rotatable bonds is 5. The van der Waals surface area contributed by atoms with Gasteiger partial charge in [0.25, 0.3) is 0 Å². The Hall–Kier alpha value is -3.11. The third kappa shape index (κ3) is 4.17. The van der Waals surface area contributed by atoms with E-state index in [9.17, 15) is 4.79 Å². The fraction of sp³-hybridized carbons (Fsp3) is 0.240. The summed E-state index contributed by atoms with van der Waals surface area (Å²) in [5.74, 6) is 0.0132. The highest BCUT2D eigenvalue weighted by Gasteiger charge is 2.12. The minimum atomic E-state index is 0.0132. The Balaban J connectivity index is 1.55. The highest BCUT2D eigenvalue weighted by Crippen LogP contribution is 2.29. The van der Waals surface area contributed by atoms with Crippen molar-refractivity contribution >= 4 is 34.0 Å². The van der Waals surface area contributed by atoms with Crippen molar-refractivity contribution in [1.29, 1.82) is 0 Å². The molecule has 0 spiro atoms. The van der Waals surface area contributed by atoms with E-state index in [1.54, 1.807) is 6.08 Å². The number of nitrogens with zero attached hydrogens (tertiary/aromatic N) is 2. The maximum Gasteiger partial charge on any atom is 0.185 e. The van der Waals surface area contributed by atoms with Gasteiger partial charge >= 0.3 is 0 Å². The topological polar surface area (TPSA) is 32.8 Å². The molecule has 0 saturated carbocycles. The van der Waals surface area contributed by atoms with Gasteiger partial charge in [0.05, 0.1) is 13.2 Å². The second kappa shape index (κ2) is 8.50. The van der Waals surface area contributed by atoms with Crippen molar-refractivity contribution in [2.45, 2.75) is 0 Å². The van der Waals surface area contributed by atoms with Crippen LogP contribution in [0.25, 0.3) is 16.8 Å². The van der Waals surface area contributed by atoms with E-state index in [1.165, 1.54) is 11.1 Å². The van der Waals surface area contributed by atoms with Crippen LogP contribution in [0.1, 0.15) is 15.9 Å². The van der Waals surface area contributed by atoms with Crippen LogP contribution in [0.15, 0.2) is 66.7 Å². The first-order valence-electron chi connectivity index (χ1n) is 9.98. The van der Waals surface area contributed by atoms with E-state index in [1.807, 2.05) is 56.6 Å². The lowest BCUT2D eigenvalue weighted by Gasteiger charge is -2.28. The molecular weight excluding hydrogens is 360 g/mol. The molecule has 29 heavy (non-hydrogen) atoms. The number of carbonyl (C=O) groups excluding carboxylic acids is 1. The second-order valence-electron chi connectivity index (χ2n) is 7.46. The fourth-order valence-corrected chi connectivity index (χ4v) is 3.76. The smallest absolute Gasteiger partial charge is 0.185 e. The van der Waals surface area contributed by atoms with Gasteiger partial charge in [-0.3, -0.25) is 4.79 Å². The van der Waals surface area contributed by atoms with Crippen molar-refractivity contribution in [3.63, 3.8) is 0 Å². The van der Waals surface area contributed by atoms with E-state index < -0.39 is 0 Å². The van der Waals surface area contributed by atoms with Crippen molar-refractivity contribution in [2.24, 2.45) is 0 Å². The number of fused-ring (bicyclic) bond motifs is 1. The average Bonchev–Trinajstić information content (AvgIpc) is 2.77. The molecule has 1 saturated heterocycles. The average molecular weight is 386 g/mol. The Kier molecular flexibility index (Phi) is 5.63. The minimum Gasteiger partial charge on any atom is -0.378 e. The molecule has 4 heteroatoms. The van der Waals surface area contributed by atoms with Gasteiger partial charge in [-0.05, 0) is 47.4 Å². The number of allylic oxidation sites excluding steroid dienone is 1. The lowest BCUT2D eigenvalue weighted by molar-refractivity contribution is 0.104. The van der Waals surface area contributed by atoms with Gasteiger partial charge in [0.1, 0.15) is 0 Å². The van der Waals surface area contributed by atoms with Gasteiger partial charge in [0.15, 0.2) is 5.78 Å². The molecule has 4 rings (SSSR count). The zero-order chi connectivity index (χ0) is 20.2. The van der Waals surface area contributed by atoms with Gasteiger partial charge in [0, 0.05) is 49.5 Å². The number of ether oxygens (including phenoxy) is 1. The SMILES string of the molecule is CN(C)c1ccc(C=CC(=O)c2ccc(N3CCOCC3)cc2)c2ccccc12. The predicted molar refractivity (Wildman–Crippen MR) is 121 cm³/mol. The number of hydrogen-bond acceptors (Lipinski definition) is 4. The quantitative estimate of drug-likeness (QED) is 0.472. The lowest BCUT2D eigenvalue weighted by Crippen LogP contribution is -2.36. The largest absolute Gasteiger partial charge is 0.378 e. The Morgan fingerprint density at radius 2 is 1.62 bits per heavy atom. The highest BCUT2D eigenvalue weighted by atomic mass is 16.5. The summed E-state index contributed by atoms with van der Waals surface area (Å²) in [7, 11) is 4.09. The lowest BCUT2D eigenvalue weighted by atomic mass is 10.0. The Labute approximate surface area is 172 Å². The monoisotopic (exact) mass is 386 g/mol. The van der Waals surface area contributed by atoms with Crippen LogP contribution in [-0.4, -0.2) is 46.2 Å². The molecule has 4 nitrogen and oxygen atoms in total. The normalized spacial score (nSPS) is 14.5. The van der Waals surface area contributed by atoms with Crippen LogP contribution in [0.3, 0.4) is 0 Å². The molecule has 0 amide bonds. The van der Waals surface area contributed by atoms with Crippen LogP contribution in [0.2, 0.25) is 0 Å². The first kappa shape index (κ1) is 19.2. The molecular formula is C25H26N2O2. The molecule has 0 atom stereocenters. The van der Waals surface area contributed by atoms with Crippen LogP contribution in [-0.2, 0) is 4.74 Å². The van der Waals surface area contributed by atoms with E-state index in [-0.39, 0.29) is 5.78 Å². The van der Waals surface area contributed by atoms with E-state index in [4.69, 9.17) is 4.74 Å². The maximum atomic E-state index is 12.7. The van der Waals surface area contributed by atoms with Crippen LogP contribution in [0.4, 0.5) is 11.4 Å². The molecule has 0 bridgehead atoms. The molecule has 0 radical (unpaired) electrons. The van der Waals surface area contributed by atoms with Gasteiger partial charge in [-0.25, -0.2) is 0 Å². The summed E-state index contributed by atoms with van der Waals surface area (Å²) in [6.07, 6.45) is 3.58. The summed E-state index contributed by atoms with van der Waals surface area (Å²) >= 11 is 0. The maximum absolute atomic E-state index is 12.7. The fourth-order valence-electron chi connectivity index (χ4n) is 3.76. The van der Waals surface area contributed by atoms with Crippen LogP contribution < -0.4 is 9.80 Å². The van der Waals surface area contributed by atoms with E-state index in [2.05, 4.69) is 34.1 Å². The Morgan fingerprint density at radius 3 is 2.31 bits per heavy atom. The summed E-state index contributed by atoms with van der Waals surface area (Å²) in [6, 6.07) is 20.3. The van der Waals surface area contributed by atoms with Crippen LogP contribution in [0, 0.1) is 0 Å². The Bertz CT molecular complexity index is 1030. The van der Waals surface area contributed by atoms with E-state index in [0.29, 0.717) is 5.56 Å². The molecule has 1 fully saturated rings. The van der Waals surface area contributed by atoms with Crippen LogP contribution in [0.5, 0.6) is 0 Å². The van der Waals surface area contributed by atoms with Gasteiger partial charge < -0.3 is 14.5 Å². The summed E-state index contributed by atoms with van der Waals surface area (Å²) in [5, 5.41) is 2.33. The van der Waals surface area contributed by atoms with Gasteiger partial charge in [0.2, 0.25) is 0 Å². The van der Waals surface area contributed by atoms with Crippen molar-refractivity contribution in [3.05, 3.63) is 77.9 Å². The third-order valence-electron chi connectivity index (χ3n) is 5.36. The van der Waals surface area contributed by atoms with E-state index in [0.717, 1.165) is 42.9 Å². The molecule has 0 N–H and O–H groups in total. The number of ketones is 1. The molecule has 3 aromatic rings. The zero-order valence-corrected chi connectivity index (χ0v) is 17.0. The highest BCUT2D eigenvalue weighted by molar-refractivity contribution is 6.08.